The minimum Gasteiger partial charge on any atom is -0.497 e. The first kappa shape index (κ1) is 18.5. The summed E-state index contributed by atoms with van der Waals surface area (Å²) in [6.07, 6.45) is 5.15. The minimum absolute atomic E-state index is 0.118. The lowest BCUT2D eigenvalue weighted by atomic mass is 10.1. The first-order valence-corrected chi connectivity index (χ1v) is 8.70. The summed E-state index contributed by atoms with van der Waals surface area (Å²) in [5, 5.41) is 5.69. The molecule has 1 fully saturated rings. The summed E-state index contributed by atoms with van der Waals surface area (Å²) >= 11 is 0. The lowest BCUT2D eigenvalue weighted by molar-refractivity contribution is -0.111. The molecule has 27 heavy (non-hydrogen) atoms. The summed E-state index contributed by atoms with van der Waals surface area (Å²) in [6.45, 7) is 0. The second-order valence-electron chi connectivity index (χ2n) is 6.30. The van der Waals surface area contributed by atoms with E-state index in [2.05, 4.69) is 10.6 Å². The first-order valence-electron chi connectivity index (χ1n) is 8.70. The fourth-order valence-corrected chi connectivity index (χ4v) is 2.52. The van der Waals surface area contributed by atoms with Gasteiger partial charge in [0.15, 0.2) is 0 Å². The van der Waals surface area contributed by atoms with E-state index < -0.39 is 0 Å². The van der Waals surface area contributed by atoms with E-state index in [1.807, 2.05) is 0 Å². The van der Waals surface area contributed by atoms with Gasteiger partial charge in [0, 0.05) is 29.4 Å². The summed E-state index contributed by atoms with van der Waals surface area (Å²) in [6, 6.07) is 12.5. The standard InChI is InChI=1S/C21H22N2O4/c1-26-18-10-14(11-19(13-18)27-2)6-9-20(24)22-17-5-3-4-15(12-17)21(25)23-16-7-8-16/h3-6,9-13,16H,7-8H2,1-2H3,(H,22,24)(H,23,25)/b9-6+. The van der Waals surface area contributed by atoms with Crippen LogP contribution in [0.1, 0.15) is 28.8 Å². The Morgan fingerprint density at radius 2 is 1.74 bits per heavy atom. The fourth-order valence-electron chi connectivity index (χ4n) is 2.52. The minimum atomic E-state index is -0.295. The molecule has 6 heteroatoms. The Kier molecular flexibility index (Phi) is 5.76. The third-order valence-electron chi connectivity index (χ3n) is 4.11. The second-order valence-corrected chi connectivity index (χ2v) is 6.30. The second kappa shape index (κ2) is 8.40. The average molecular weight is 366 g/mol. The van der Waals surface area contributed by atoms with Crippen LogP contribution in [0.4, 0.5) is 5.69 Å². The molecule has 0 aliphatic heterocycles. The molecule has 0 saturated heterocycles. The van der Waals surface area contributed by atoms with Crippen molar-refractivity contribution in [1.29, 1.82) is 0 Å². The molecule has 0 atom stereocenters. The molecule has 140 valence electrons. The van der Waals surface area contributed by atoms with Gasteiger partial charge < -0.3 is 20.1 Å². The van der Waals surface area contributed by atoms with Gasteiger partial charge >= 0.3 is 0 Å². The summed E-state index contributed by atoms with van der Waals surface area (Å²) in [4.78, 5) is 24.3. The Balaban J connectivity index is 1.65. The highest BCUT2D eigenvalue weighted by Gasteiger charge is 2.23. The molecule has 2 aromatic carbocycles. The van der Waals surface area contributed by atoms with Gasteiger partial charge in [-0.2, -0.15) is 0 Å². The van der Waals surface area contributed by atoms with Gasteiger partial charge in [0.2, 0.25) is 5.91 Å². The Morgan fingerprint density at radius 3 is 2.37 bits per heavy atom. The van der Waals surface area contributed by atoms with Crippen LogP contribution in [0.2, 0.25) is 0 Å². The Hall–Kier alpha value is -3.28. The molecule has 1 aliphatic carbocycles. The third-order valence-corrected chi connectivity index (χ3v) is 4.11. The molecule has 0 aromatic heterocycles. The summed E-state index contributed by atoms with van der Waals surface area (Å²) in [5.74, 6) is 0.872. The van der Waals surface area contributed by atoms with Crippen LogP contribution in [0, 0.1) is 0 Å². The van der Waals surface area contributed by atoms with Crippen molar-refractivity contribution in [2.24, 2.45) is 0 Å². The largest absolute Gasteiger partial charge is 0.497 e. The van der Waals surface area contributed by atoms with Crippen LogP contribution < -0.4 is 20.1 Å². The lowest BCUT2D eigenvalue weighted by Gasteiger charge is -2.07. The molecule has 2 aromatic rings. The number of benzene rings is 2. The molecule has 1 saturated carbocycles. The Morgan fingerprint density at radius 1 is 1.04 bits per heavy atom. The zero-order valence-corrected chi connectivity index (χ0v) is 15.3. The third kappa shape index (κ3) is 5.34. The number of carbonyl (C=O) groups excluding carboxylic acids is 2. The summed E-state index contributed by atoms with van der Waals surface area (Å²) in [5.41, 5.74) is 1.87. The van der Waals surface area contributed by atoms with Crippen molar-refractivity contribution in [3.63, 3.8) is 0 Å². The zero-order chi connectivity index (χ0) is 19.2. The van der Waals surface area contributed by atoms with Crippen LogP contribution in [-0.4, -0.2) is 32.1 Å². The van der Waals surface area contributed by atoms with E-state index >= 15 is 0 Å². The van der Waals surface area contributed by atoms with Crippen LogP contribution in [0.3, 0.4) is 0 Å². The number of rotatable bonds is 7. The van der Waals surface area contributed by atoms with E-state index in [0.29, 0.717) is 28.8 Å². The number of ether oxygens (including phenoxy) is 2. The fraction of sp³-hybridized carbons (Fsp3) is 0.238. The van der Waals surface area contributed by atoms with Gasteiger partial charge in [-0.05, 0) is 54.8 Å². The van der Waals surface area contributed by atoms with Crippen LogP contribution in [0.5, 0.6) is 11.5 Å². The summed E-state index contributed by atoms with van der Waals surface area (Å²) < 4.78 is 10.4. The summed E-state index contributed by atoms with van der Waals surface area (Å²) in [7, 11) is 3.14. The van der Waals surface area contributed by atoms with Crippen molar-refractivity contribution in [2.45, 2.75) is 18.9 Å². The van der Waals surface area contributed by atoms with Crippen molar-refractivity contribution < 1.29 is 19.1 Å². The SMILES string of the molecule is COc1cc(/C=C/C(=O)Nc2cccc(C(=O)NC3CC3)c2)cc(OC)c1. The maximum atomic E-state index is 12.2. The van der Waals surface area contributed by atoms with Gasteiger partial charge in [-0.25, -0.2) is 0 Å². The molecule has 1 aliphatic rings. The number of hydrogen-bond acceptors (Lipinski definition) is 4. The molecule has 3 rings (SSSR count). The van der Waals surface area contributed by atoms with E-state index in [-0.39, 0.29) is 11.8 Å². The topological polar surface area (TPSA) is 76.7 Å². The smallest absolute Gasteiger partial charge is 0.251 e. The molecular formula is C21H22N2O4. The lowest BCUT2D eigenvalue weighted by Crippen LogP contribution is -2.25. The maximum Gasteiger partial charge on any atom is 0.251 e. The molecule has 0 heterocycles. The number of nitrogens with one attached hydrogen (secondary N) is 2. The van der Waals surface area contributed by atoms with Crippen molar-refractivity contribution >= 4 is 23.6 Å². The van der Waals surface area contributed by atoms with Gasteiger partial charge in [0.1, 0.15) is 11.5 Å². The molecule has 2 N–H and O–H groups in total. The predicted molar refractivity (Wildman–Crippen MR) is 104 cm³/mol. The Labute approximate surface area is 158 Å². The molecule has 0 unspecified atom stereocenters. The van der Waals surface area contributed by atoms with E-state index in [1.165, 1.54) is 6.08 Å². The van der Waals surface area contributed by atoms with E-state index in [1.54, 1.807) is 62.8 Å². The molecule has 0 bridgehead atoms. The first-order chi connectivity index (χ1) is 13.1. The predicted octanol–water partition coefficient (Wildman–Crippen LogP) is 3.25. The molecule has 6 nitrogen and oxygen atoms in total. The quantitative estimate of drug-likeness (QED) is 0.738. The van der Waals surface area contributed by atoms with Gasteiger partial charge in [-0.3, -0.25) is 9.59 Å². The van der Waals surface area contributed by atoms with Crippen molar-refractivity contribution in [3.8, 4) is 11.5 Å². The van der Waals surface area contributed by atoms with Crippen molar-refractivity contribution in [3.05, 3.63) is 59.7 Å². The number of anilines is 1. The van der Waals surface area contributed by atoms with E-state index in [0.717, 1.165) is 18.4 Å². The van der Waals surface area contributed by atoms with Crippen LogP contribution in [-0.2, 0) is 4.79 Å². The van der Waals surface area contributed by atoms with Crippen LogP contribution in [0.25, 0.3) is 6.08 Å². The highest BCUT2D eigenvalue weighted by molar-refractivity contribution is 6.03. The number of methoxy groups -OCH3 is 2. The number of amides is 2. The molecular weight excluding hydrogens is 344 g/mol. The van der Waals surface area contributed by atoms with E-state index in [9.17, 15) is 9.59 Å². The average Bonchev–Trinajstić information content (AvgIpc) is 3.50. The van der Waals surface area contributed by atoms with Crippen LogP contribution in [0.15, 0.2) is 48.5 Å². The molecule has 0 radical (unpaired) electrons. The van der Waals surface area contributed by atoms with Gasteiger partial charge in [-0.15, -0.1) is 0 Å². The van der Waals surface area contributed by atoms with Gasteiger partial charge in [0.05, 0.1) is 14.2 Å². The normalized spacial score (nSPS) is 13.3. The zero-order valence-electron chi connectivity index (χ0n) is 15.3. The monoisotopic (exact) mass is 366 g/mol. The molecule has 2 amide bonds. The maximum absolute atomic E-state index is 12.2. The Bertz CT molecular complexity index is 850. The van der Waals surface area contributed by atoms with Crippen molar-refractivity contribution in [1.82, 2.24) is 5.32 Å². The highest BCUT2D eigenvalue weighted by atomic mass is 16.5. The van der Waals surface area contributed by atoms with Crippen molar-refractivity contribution in [2.75, 3.05) is 19.5 Å². The van der Waals surface area contributed by atoms with Gasteiger partial charge in [0.25, 0.3) is 5.91 Å². The van der Waals surface area contributed by atoms with Crippen LogP contribution >= 0.6 is 0 Å². The number of hydrogen-bond donors (Lipinski definition) is 2. The molecule has 0 spiro atoms. The number of carbonyl (C=O) groups is 2. The van der Waals surface area contributed by atoms with Gasteiger partial charge in [-0.1, -0.05) is 6.07 Å². The highest BCUT2D eigenvalue weighted by Crippen LogP contribution is 2.23. The van der Waals surface area contributed by atoms with E-state index in [4.69, 9.17) is 9.47 Å².